The van der Waals surface area contributed by atoms with Crippen LogP contribution in [0.4, 0.5) is 13.2 Å². The first kappa shape index (κ1) is 15.0. The molecular weight excluding hydrogens is 251 g/mol. The van der Waals surface area contributed by atoms with Crippen LogP contribution in [0.25, 0.3) is 0 Å². The van der Waals surface area contributed by atoms with E-state index in [0.29, 0.717) is 0 Å². The Bertz CT molecular complexity index is 360. The molecule has 0 spiro atoms. The molecule has 1 fully saturated rings. The maximum atomic E-state index is 12.7. The Kier molecular flexibility index (Phi) is 3.78. The first-order valence-corrected chi connectivity index (χ1v) is 5.36. The molecule has 1 unspecified atom stereocenters. The van der Waals surface area contributed by atoms with Crippen molar-refractivity contribution in [2.45, 2.75) is 51.4 Å². The summed E-state index contributed by atoms with van der Waals surface area (Å²) < 4.78 is 43.2. The maximum absolute atomic E-state index is 12.7. The topological polar surface area (TPSA) is 49.8 Å². The van der Waals surface area contributed by atoms with Crippen LogP contribution in [-0.4, -0.2) is 40.1 Å². The second-order valence-corrected chi connectivity index (χ2v) is 5.13. The molecule has 1 aliphatic rings. The Morgan fingerprint density at radius 3 is 2.33 bits per heavy atom. The average molecular weight is 267 g/mol. The first-order valence-electron chi connectivity index (χ1n) is 5.36. The molecule has 0 aromatic carbocycles. The molecule has 0 aromatic heterocycles. The van der Waals surface area contributed by atoms with Crippen molar-refractivity contribution < 1.29 is 27.8 Å². The third kappa shape index (κ3) is 3.23. The Balaban J connectivity index is 2.95. The number of aliphatic hydroxyl groups is 1. The van der Waals surface area contributed by atoms with Gasteiger partial charge in [0.05, 0.1) is 5.60 Å². The second-order valence-electron chi connectivity index (χ2n) is 5.13. The zero-order chi connectivity index (χ0) is 14.3. The third-order valence-corrected chi connectivity index (χ3v) is 2.39. The summed E-state index contributed by atoms with van der Waals surface area (Å²) in [4.78, 5) is 11.9. The van der Waals surface area contributed by atoms with Gasteiger partial charge in [0.1, 0.15) is 6.04 Å². The Morgan fingerprint density at radius 1 is 1.44 bits per heavy atom. The highest BCUT2D eigenvalue weighted by atomic mass is 19.4. The van der Waals surface area contributed by atoms with Crippen LogP contribution in [0.1, 0.15) is 27.2 Å². The Labute approximate surface area is 103 Å². The summed E-state index contributed by atoms with van der Waals surface area (Å²) in [5.74, 6) is -0.936. The van der Waals surface area contributed by atoms with Gasteiger partial charge in [0, 0.05) is 12.0 Å². The standard InChI is InChI=1S/C11H16F3NO3/c1-6-5-7(11(12,13)14)15(8(6)16)9(17)18-10(2,3)4/h7,9,17H,1,5H2,2-4H3/t7-,9?/m0/s1. The van der Waals surface area contributed by atoms with E-state index in [9.17, 15) is 23.1 Å². The van der Waals surface area contributed by atoms with Gasteiger partial charge in [0.25, 0.3) is 5.91 Å². The number of hydrogen-bond donors (Lipinski definition) is 1. The van der Waals surface area contributed by atoms with Gasteiger partial charge in [-0.1, -0.05) is 6.58 Å². The summed E-state index contributed by atoms with van der Waals surface area (Å²) in [5, 5.41) is 9.65. The van der Waals surface area contributed by atoms with E-state index in [1.165, 1.54) is 0 Å². The lowest BCUT2D eigenvalue weighted by molar-refractivity contribution is -0.270. The lowest BCUT2D eigenvalue weighted by Crippen LogP contribution is -2.51. The molecule has 4 nitrogen and oxygen atoms in total. The summed E-state index contributed by atoms with van der Waals surface area (Å²) in [5.41, 5.74) is -1.06. The van der Waals surface area contributed by atoms with Gasteiger partial charge in [-0.05, 0) is 20.8 Å². The largest absolute Gasteiger partial charge is 0.409 e. The van der Waals surface area contributed by atoms with Crippen LogP contribution >= 0.6 is 0 Å². The number of nitrogens with zero attached hydrogens (tertiary/aromatic N) is 1. The van der Waals surface area contributed by atoms with Crippen molar-refractivity contribution in [2.75, 3.05) is 0 Å². The minimum Gasteiger partial charge on any atom is -0.351 e. The zero-order valence-corrected chi connectivity index (χ0v) is 10.4. The van der Waals surface area contributed by atoms with Gasteiger partial charge in [0.15, 0.2) is 0 Å². The molecule has 7 heteroatoms. The number of amides is 1. The summed E-state index contributed by atoms with van der Waals surface area (Å²) in [6, 6.07) is -2.09. The number of ether oxygens (including phenoxy) is 1. The van der Waals surface area contributed by atoms with E-state index >= 15 is 0 Å². The second kappa shape index (κ2) is 4.55. The molecule has 18 heavy (non-hydrogen) atoms. The molecule has 1 heterocycles. The molecule has 0 aliphatic carbocycles. The quantitative estimate of drug-likeness (QED) is 0.613. The van der Waals surface area contributed by atoms with Crippen LogP contribution in [0, 0.1) is 0 Å². The number of hydrogen-bond acceptors (Lipinski definition) is 3. The Morgan fingerprint density at radius 2 is 1.94 bits per heavy atom. The van der Waals surface area contributed by atoms with Gasteiger partial charge in [-0.15, -0.1) is 0 Å². The van der Waals surface area contributed by atoms with Gasteiger partial charge >= 0.3 is 6.18 Å². The lowest BCUT2D eigenvalue weighted by Gasteiger charge is -2.33. The predicted octanol–water partition coefficient (Wildman–Crippen LogP) is 1.80. The van der Waals surface area contributed by atoms with E-state index in [2.05, 4.69) is 6.58 Å². The van der Waals surface area contributed by atoms with Gasteiger partial charge in [-0.25, -0.2) is 0 Å². The zero-order valence-electron chi connectivity index (χ0n) is 10.4. The van der Waals surface area contributed by atoms with Gasteiger partial charge in [0.2, 0.25) is 6.41 Å². The van der Waals surface area contributed by atoms with Crippen molar-refractivity contribution in [3.63, 3.8) is 0 Å². The molecule has 0 bridgehead atoms. The van der Waals surface area contributed by atoms with E-state index in [4.69, 9.17) is 4.74 Å². The highest BCUT2D eigenvalue weighted by Crippen LogP contribution is 2.36. The summed E-state index contributed by atoms with van der Waals surface area (Å²) in [6.07, 6.45) is -7.12. The minimum atomic E-state index is -4.63. The SMILES string of the molecule is C=C1C[C@@H](C(F)(F)F)N(C(O)OC(C)(C)C)C1=O. The molecule has 1 saturated heterocycles. The third-order valence-electron chi connectivity index (χ3n) is 2.39. The van der Waals surface area contributed by atoms with E-state index in [-0.39, 0.29) is 10.5 Å². The van der Waals surface area contributed by atoms with E-state index in [0.717, 1.165) is 0 Å². The lowest BCUT2D eigenvalue weighted by atomic mass is 10.2. The van der Waals surface area contributed by atoms with Crippen molar-refractivity contribution in [3.05, 3.63) is 12.2 Å². The van der Waals surface area contributed by atoms with E-state index < -0.39 is 36.6 Å². The van der Waals surface area contributed by atoms with Crippen LogP contribution in [0.3, 0.4) is 0 Å². The Hall–Kier alpha value is -1.08. The summed E-state index contributed by atoms with van der Waals surface area (Å²) in [6.45, 7) is 7.96. The van der Waals surface area contributed by atoms with E-state index in [1.807, 2.05) is 0 Å². The number of halogens is 3. The van der Waals surface area contributed by atoms with E-state index in [1.54, 1.807) is 20.8 Å². The van der Waals surface area contributed by atoms with Crippen molar-refractivity contribution in [2.24, 2.45) is 0 Å². The van der Waals surface area contributed by atoms with Crippen molar-refractivity contribution in [1.82, 2.24) is 4.90 Å². The summed E-state index contributed by atoms with van der Waals surface area (Å²) in [7, 11) is 0. The molecule has 104 valence electrons. The van der Waals surface area contributed by atoms with Crippen LogP contribution in [0.5, 0.6) is 0 Å². The highest BCUT2D eigenvalue weighted by Gasteiger charge is 2.53. The smallest absolute Gasteiger partial charge is 0.351 e. The predicted molar refractivity (Wildman–Crippen MR) is 57.3 cm³/mol. The highest BCUT2D eigenvalue weighted by molar-refractivity contribution is 5.95. The molecule has 2 atom stereocenters. The molecule has 1 rings (SSSR count). The van der Waals surface area contributed by atoms with Gasteiger partial charge < -0.3 is 9.84 Å². The normalized spacial score (nSPS) is 23.7. The first-order chi connectivity index (χ1) is 7.93. The molecule has 1 aliphatic heterocycles. The molecule has 0 saturated carbocycles. The maximum Gasteiger partial charge on any atom is 0.409 e. The van der Waals surface area contributed by atoms with Crippen molar-refractivity contribution in [3.8, 4) is 0 Å². The molecule has 0 aromatic rings. The molecule has 1 N–H and O–H groups in total. The molecule has 1 amide bonds. The number of carbonyl (C=O) groups excluding carboxylic acids is 1. The summed E-state index contributed by atoms with van der Waals surface area (Å²) >= 11 is 0. The fraction of sp³-hybridized carbons (Fsp3) is 0.727. The molecule has 0 radical (unpaired) electrons. The minimum absolute atomic E-state index is 0.186. The number of likely N-dealkylation sites (tertiary alicyclic amines) is 1. The number of aliphatic hydroxyl groups excluding tert-OH is 1. The number of rotatable bonds is 2. The fourth-order valence-corrected chi connectivity index (χ4v) is 1.64. The average Bonchev–Trinajstić information content (AvgIpc) is 2.39. The van der Waals surface area contributed by atoms with Gasteiger partial charge in [-0.2, -0.15) is 13.2 Å². The van der Waals surface area contributed by atoms with Crippen molar-refractivity contribution in [1.29, 1.82) is 0 Å². The van der Waals surface area contributed by atoms with Crippen LogP contribution in [0.2, 0.25) is 0 Å². The monoisotopic (exact) mass is 267 g/mol. The van der Waals surface area contributed by atoms with Crippen LogP contribution in [0.15, 0.2) is 12.2 Å². The van der Waals surface area contributed by atoms with Crippen molar-refractivity contribution >= 4 is 5.91 Å². The number of carbonyl (C=O) groups is 1. The van der Waals surface area contributed by atoms with Crippen LogP contribution in [-0.2, 0) is 9.53 Å². The van der Waals surface area contributed by atoms with Gasteiger partial charge in [-0.3, -0.25) is 9.69 Å². The fourth-order valence-electron chi connectivity index (χ4n) is 1.64. The molecular formula is C11H16F3NO3. The van der Waals surface area contributed by atoms with Crippen LogP contribution < -0.4 is 0 Å². The number of alkyl halides is 3.